The van der Waals surface area contributed by atoms with Crippen LogP contribution in [0.4, 0.5) is 5.69 Å². The standard InChI is InChI=1S/C22H21N3O3S/c1-28-18-9-7-17(8-10-18)25-13-16(11-21(25)26)22(27)23-12-20-24-19(14-29-20)15-5-3-2-4-6-15/h2-10,14,16H,11-13H2,1H3,(H,23,27). The van der Waals surface area contributed by atoms with Crippen LogP contribution in [0, 0.1) is 5.92 Å². The summed E-state index contributed by atoms with van der Waals surface area (Å²) in [6.07, 6.45) is 0.213. The maximum Gasteiger partial charge on any atom is 0.227 e. The van der Waals surface area contributed by atoms with E-state index in [1.807, 2.05) is 60.0 Å². The number of aromatic nitrogens is 1. The lowest BCUT2D eigenvalue weighted by atomic mass is 10.1. The third-order valence-corrected chi connectivity index (χ3v) is 5.76. The zero-order valence-electron chi connectivity index (χ0n) is 16.0. The van der Waals surface area contributed by atoms with Crippen molar-refractivity contribution in [3.8, 4) is 17.0 Å². The lowest BCUT2D eigenvalue weighted by Gasteiger charge is -2.17. The lowest BCUT2D eigenvalue weighted by Crippen LogP contribution is -2.32. The summed E-state index contributed by atoms with van der Waals surface area (Å²) in [4.78, 5) is 31.2. The van der Waals surface area contributed by atoms with E-state index in [9.17, 15) is 9.59 Å². The number of thiazole rings is 1. The zero-order chi connectivity index (χ0) is 20.2. The van der Waals surface area contributed by atoms with Gasteiger partial charge >= 0.3 is 0 Å². The predicted molar refractivity (Wildman–Crippen MR) is 113 cm³/mol. The molecular weight excluding hydrogens is 386 g/mol. The Labute approximate surface area is 173 Å². The second-order valence-electron chi connectivity index (χ2n) is 6.81. The van der Waals surface area contributed by atoms with Crippen molar-refractivity contribution >= 4 is 28.8 Å². The summed E-state index contributed by atoms with van der Waals surface area (Å²) in [7, 11) is 1.60. The highest BCUT2D eigenvalue weighted by Crippen LogP contribution is 2.27. The second-order valence-corrected chi connectivity index (χ2v) is 7.76. The second kappa shape index (κ2) is 8.45. The smallest absolute Gasteiger partial charge is 0.227 e. The maximum atomic E-state index is 12.6. The molecule has 1 unspecified atom stereocenters. The summed E-state index contributed by atoms with van der Waals surface area (Å²) >= 11 is 1.52. The SMILES string of the molecule is COc1ccc(N2CC(C(=O)NCc3nc(-c4ccccc4)cs3)CC2=O)cc1. The van der Waals surface area contributed by atoms with Gasteiger partial charge in [-0.3, -0.25) is 9.59 Å². The van der Waals surface area contributed by atoms with Gasteiger partial charge in [0.05, 0.1) is 25.3 Å². The number of anilines is 1. The Morgan fingerprint density at radius 2 is 1.97 bits per heavy atom. The van der Waals surface area contributed by atoms with Gasteiger partial charge in [-0.2, -0.15) is 0 Å². The topological polar surface area (TPSA) is 71.5 Å². The predicted octanol–water partition coefficient (Wildman–Crippen LogP) is 3.49. The number of carbonyl (C=O) groups is 2. The number of rotatable bonds is 6. The minimum absolute atomic E-state index is 0.0454. The summed E-state index contributed by atoms with van der Waals surface area (Å²) in [6, 6.07) is 17.2. The van der Waals surface area contributed by atoms with Crippen LogP contribution in [0.3, 0.4) is 0 Å². The minimum Gasteiger partial charge on any atom is -0.497 e. The fraction of sp³-hybridized carbons (Fsp3) is 0.227. The Morgan fingerprint density at radius 1 is 1.21 bits per heavy atom. The van der Waals surface area contributed by atoms with E-state index in [2.05, 4.69) is 10.3 Å². The first-order valence-electron chi connectivity index (χ1n) is 9.36. The minimum atomic E-state index is -0.363. The number of nitrogens with one attached hydrogen (secondary N) is 1. The third-order valence-electron chi connectivity index (χ3n) is 4.92. The van der Waals surface area contributed by atoms with Crippen LogP contribution < -0.4 is 15.0 Å². The van der Waals surface area contributed by atoms with Gasteiger partial charge in [0, 0.05) is 29.6 Å². The number of ether oxygens (including phenoxy) is 1. The summed E-state index contributed by atoms with van der Waals surface area (Å²) in [5.74, 6) is 0.202. The monoisotopic (exact) mass is 407 g/mol. The van der Waals surface area contributed by atoms with Gasteiger partial charge in [0.15, 0.2) is 0 Å². The normalized spacial score (nSPS) is 16.1. The number of methoxy groups -OCH3 is 1. The number of nitrogens with zero attached hydrogens (tertiary/aromatic N) is 2. The van der Waals surface area contributed by atoms with Crippen LogP contribution in [-0.2, 0) is 16.1 Å². The van der Waals surface area contributed by atoms with Crippen molar-refractivity contribution in [2.45, 2.75) is 13.0 Å². The van der Waals surface area contributed by atoms with Crippen molar-refractivity contribution in [2.24, 2.45) is 5.92 Å². The Bertz CT molecular complexity index is 1000. The van der Waals surface area contributed by atoms with Crippen molar-refractivity contribution in [1.29, 1.82) is 0 Å². The molecule has 0 radical (unpaired) electrons. The number of benzene rings is 2. The number of hydrogen-bond acceptors (Lipinski definition) is 5. The van der Waals surface area contributed by atoms with Gasteiger partial charge < -0.3 is 15.0 Å². The van der Waals surface area contributed by atoms with Crippen molar-refractivity contribution in [2.75, 3.05) is 18.6 Å². The number of carbonyl (C=O) groups excluding carboxylic acids is 2. The summed E-state index contributed by atoms with van der Waals surface area (Å²) in [6.45, 7) is 0.744. The fourth-order valence-corrected chi connectivity index (χ4v) is 4.08. The van der Waals surface area contributed by atoms with Crippen LogP contribution in [-0.4, -0.2) is 30.5 Å². The molecule has 0 spiro atoms. The Hall–Kier alpha value is -3.19. The lowest BCUT2D eigenvalue weighted by molar-refractivity contribution is -0.126. The fourth-order valence-electron chi connectivity index (χ4n) is 3.34. The highest BCUT2D eigenvalue weighted by Gasteiger charge is 2.35. The summed E-state index contributed by atoms with van der Waals surface area (Å²) in [5.41, 5.74) is 2.73. The molecule has 1 atom stereocenters. The third kappa shape index (κ3) is 4.30. The van der Waals surface area contributed by atoms with E-state index in [0.717, 1.165) is 27.7 Å². The molecule has 2 heterocycles. The summed E-state index contributed by atoms with van der Waals surface area (Å²) in [5, 5.41) is 5.76. The molecule has 4 rings (SSSR count). The number of amides is 2. The van der Waals surface area contributed by atoms with Crippen LogP contribution in [0.2, 0.25) is 0 Å². The van der Waals surface area contributed by atoms with E-state index in [4.69, 9.17) is 4.74 Å². The van der Waals surface area contributed by atoms with Crippen molar-refractivity contribution in [1.82, 2.24) is 10.3 Å². The largest absolute Gasteiger partial charge is 0.497 e. The van der Waals surface area contributed by atoms with Gasteiger partial charge in [0.1, 0.15) is 10.8 Å². The molecule has 2 aromatic carbocycles. The van der Waals surface area contributed by atoms with E-state index in [-0.39, 0.29) is 24.2 Å². The Balaban J connectivity index is 1.34. The van der Waals surface area contributed by atoms with Gasteiger partial charge in [0.25, 0.3) is 0 Å². The van der Waals surface area contributed by atoms with Gasteiger partial charge in [-0.25, -0.2) is 4.98 Å². The molecule has 7 heteroatoms. The van der Waals surface area contributed by atoms with Crippen LogP contribution >= 0.6 is 11.3 Å². The average Bonchev–Trinajstić information content (AvgIpc) is 3.40. The van der Waals surface area contributed by atoms with Crippen molar-refractivity contribution in [3.05, 3.63) is 65.0 Å². The quantitative estimate of drug-likeness (QED) is 0.679. The first kappa shape index (κ1) is 19.1. The van der Waals surface area contributed by atoms with Crippen molar-refractivity contribution in [3.63, 3.8) is 0 Å². The molecule has 1 aliphatic heterocycles. The van der Waals surface area contributed by atoms with Crippen molar-refractivity contribution < 1.29 is 14.3 Å². The molecule has 1 fully saturated rings. The van der Waals surface area contributed by atoms with Gasteiger partial charge in [-0.1, -0.05) is 30.3 Å². The van der Waals surface area contributed by atoms with Crippen LogP contribution in [0.5, 0.6) is 5.75 Å². The maximum absolute atomic E-state index is 12.6. The van der Waals surface area contributed by atoms with E-state index in [0.29, 0.717) is 13.1 Å². The molecule has 0 aliphatic carbocycles. The molecule has 2 amide bonds. The molecule has 1 saturated heterocycles. The first-order valence-corrected chi connectivity index (χ1v) is 10.2. The average molecular weight is 407 g/mol. The number of hydrogen-bond donors (Lipinski definition) is 1. The van der Waals surface area contributed by atoms with Crippen LogP contribution in [0.25, 0.3) is 11.3 Å². The molecule has 1 aromatic heterocycles. The molecule has 0 saturated carbocycles. The Kier molecular flexibility index (Phi) is 5.57. The first-order chi connectivity index (χ1) is 14.1. The van der Waals surface area contributed by atoms with E-state index in [1.54, 1.807) is 12.0 Å². The molecule has 6 nitrogen and oxygen atoms in total. The summed E-state index contributed by atoms with van der Waals surface area (Å²) < 4.78 is 5.15. The zero-order valence-corrected chi connectivity index (χ0v) is 16.8. The van der Waals surface area contributed by atoms with Gasteiger partial charge in [0.2, 0.25) is 11.8 Å². The van der Waals surface area contributed by atoms with E-state index in [1.165, 1.54) is 11.3 Å². The Morgan fingerprint density at radius 3 is 2.69 bits per heavy atom. The van der Waals surface area contributed by atoms with Gasteiger partial charge in [-0.05, 0) is 24.3 Å². The van der Waals surface area contributed by atoms with E-state index >= 15 is 0 Å². The van der Waals surface area contributed by atoms with Crippen LogP contribution in [0.15, 0.2) is 60.0 Å². The van der Waals surface area contributed by atoms with Crippen LogP contribution in [0.1, 0.15) is 11.4 Å². The van der Waals surface area contributed by atoms with E-state index < -0.39 is 0 Å². The molecule has 1 aliphatic rings. The molecule has 29 heavy (non-hydrogen) atoms. The van der Waals surface area contributed by atoms with Gasteiger partial charge in [-0.15, -0.1) is 11.3 Å². The highest BCUT2D eigenvalue weighted by molar-refractivity contribution is 7.09. The molecular formula is C22H21N3O3S. The molecule has 148 valence electrons. The molecule has 1 N–H and O–H groups in total. The highest BCUT2D eigenvalue weighted by atomic mass is 32.1. The molecule has 0 bridgehead atoms. The molecule has 3 aromatic rings.